The maximum atomic E-state index is 6.12. The smallest absolute Gasteiger partial charge is 0.0640 e. The van der Waals surface area contributed by atoms with Gasteiger partial charge in [0.05, 0.1) is 10.7 Å². The Balaban J connectivity index is 2.31. The van der Waals surface area contributed by atoms with E-state index in [1.807, 2.05) is 12.1 Å². The van der Waals surface area contributed by atoms with Gasteiger partial charge >= 0.3 is 0 Å². The summed E-state index contributed by atoms with van der Waals surface area (Å²) >= 11 is 6.12. The van der Waals surface area contributed by atoms with Gasteiger partial charge in [0, 0.05) is 6.04 Å². The second kappa shape index (κ2) is 3.16. The highest BCUT2D eigenvalue weighted by molar-refractivity contribution is 6.33. The van der Waals surface area contributed by atoms with Crippen molar-refractivity contribution in [1.29, 1.82) is 0 Å². The molecule has 0 spiro atoms. The highest BCUT2D eigenvalue weighted by atomic mass is 35.5. The SMILES string of the molecule is CC(C)(C)C1Cc2cccc(Cl)c2N1. The number of halogens is 1. The summed E-state index contributed by atoms with van der Waals surface area (Å²) in [6.45, 7) is 6.76. The molecule has 1 aromatic carbocycles. The Hall–Kier alpha value is -0.690. The first-order valence-electron chi connectivity index (χ1n) is 5.02. The highest BCUT2D eigenvalue weighted by Crippen LogP contribution is 2.38. The molecule has 0 fully saturated rings. The van der Waals surface area contributed by atoms with Gasteiger partial charge in [0.2, 0.25) is 0 Å². The topological polar surface area (TPSA) is 12.0 Å². The van der Waals surface area contributed by atoms with Crippen molar-refractivity contribution in [2.75, 3.05) is 5.32 Å². The number of benzene rings is 1. The quantitative estimate of drug-likeness (QED) is 0.687. The molecule has 1 aromatic rings. The number of hydrogen-bond acceptors (Lipinski definition) is 1. The fraction of sp³-hybridized carbons (Fsp3) is 0.500. The zero-order valence-electron chi connectivity index (χ0n) is 8.89. The number of anilines is 1. The van der Waals surface area contributed by atoms with Crippen molar-refractivity contribution >= 4 is 17.3 Å². The molecule has 2 rings (SSSR count). The molecule has 0 bridgehead atoms. The van der Waals surface area contributed by atoms with Crippen LogP contribution in [-0.2, 0) is 6.42 Å². The van der Waals surface area contributed by atoms with Crippen molar-refractivity contribution in [3.05, 3.63) is 28.8 Å². The molecule has 1 N–H and O–H groups in total. The molecule has 0 amide bonds. The second-order valence-corrected chi connectivity index (χ2v) is 5.45. The Morgan fingerprint density at radius 1 is 1.36 bits per heavy atom. The van der Waals surface area contributed by atoms with E-state index in [0.29, 0.717) is 6.04 Å². The van der Waals surface area contributed by atoms with E-state index in [4.69, 9.17) is 11.6 Å². The third kappa shape index (κ3) is 1.61. The summed E-state index contributed by atoms with van der Waals surface area (Å²) in [5, 5.41) is 4.35. The molecule has 2 heteroatoms. The fourth-order valence-electron chi connectivity index (χ4n) is 1.87. The van der Waals surface area contributed by atoms with E-state index in [1.54, 1.807) is 0 Å². The van der Waals surface area contributed by atoms with Crippen LogP contribution in [0.15, 0.2) is 18.2 Å². The Kier molecular flexibility index (Phi) is 2.23. The molecule has 0 radical (unpaired) electrons. The fourth-order valence-corrected chi connectivity index (χ4v) is 2.12. The van der Waals surface area contributed by atoms with Gasteiger partial charge < -0.3 is 5.32 Å². The lowest BCUT2D eigenvalue weighted by molar-refractivity contribution is 0.347. The van der Waals surface area contributed by atoms with Crippen LogP contribution >= 0.6 is 11.6 Å². The number of para-hydroxylation sites is 1. The molecular weight excluding hydrogens is 194 g/mol. The minimum absolute atomic E-state index is 0.280. The van der Waals surface area contributed by atoms with E-state index < -0.39 is 0 Å². The summed E-state index contributed by atoms with van der Waals surface area (Å²) < 4.78 is 0. The summed E-state index contributed by atoms with van der Waals surface area (Å²) in [7, 11) is 0. The molecule has 1 atom stereocenters. The van der Waals surface area contributed by atoms with Crippen molar-refractivity contribution in [2.45, 2.75) is 33.2 Å². The van der Waals surface area contributed by atoms with Gasteiger partial charge in [-0.1, -0.05) is 44.5 Å². The number of fused-ring (bicyclic) bond motifs is 1. The van der Waals surface area contributed by atoms with E-state index in [1.165, 1.54) is 5.56 Å². The van der Waals surface area contributed by atoms with Crippen LogP contribution in [0.5, 0.6) is 0 Å². The van der Waals surface area contributed by atoms with Crippen LogP contribution in [0.3, 0.4) is 0 Å². The van der Waals surface area contributed by atoms with Gasteiger partial charge in [-0.2, -0.15) is 0 Å². The Bertz CT molecular complexity index is 352. The molecule has 1 aliphatic rings. The van der Waals surface area contributed by atoms with Crippen molar-refractivity contribution in [2.24, 2.45) is 5.41 Å². The Morgan fingerprint density at radius 3 is 2.64 bits per heavy atom. The number of nitrogens with one attached hydrogen (secondary N) is 1. The molecule has 0 saturated carbocycles. The third-order valence-corrected chi connectivity index (χ3v) is 3.20. The van der Waals surface area contributed by atoms with Gasteiger partial charge in [-0.3, -0.25) is 0 Å². The number of rotatable bonds is 0. The first kappa shape index (κ1) is 9.85. The normalized spacial score (nSPS) is 20.4. The minimum atomic E-state index is 0.280. The Morgan fingerprint density at radius 2 is 2.07 bits per heavy atom. The van der Waals surface area contributed by atoms with E-state index in [0.717, 1.165) is 17.1 Å². The molecule has 0 aliphatic carbocycles. The van der Waals surface area contributed by atoms with Gasteiger partial charge in [-0.25, -0.2) is 0 Å². The zero-order valence-corrected chi connectivity index (χ0v) is 9.65. The summed E-state index contributed by atoms with van der Waals surface area (Å²) in [5.74, 6) is 0. The van der Waals surface area contributed by atoms with Gasteiger partial charge in [-0.15, -0.1) is 0 Å². The lowest BCUT2D eigenvalue weighted by Crippen LogP contribution is -2.31. The lowest BCUT2D eigenvalue weighted by atomic mass is 9.85. The molecule has 1 heterocycles. The van der Waals surface area contributed by atoms with E-state index in [9.17, 15) is 0 Å². The van der Waals surface area contributed by atoms with E-state index in [2.05, 4.69) is 32.2 Å². The Labute approximate surface area is 90.5 Å². The van der Waals surface area contributed by atoms with Crippen molar-refractivity contribution in [3.63, 3.8) is 0 Å². The molecule has 1 aliphatic heterocycles. The largest absolute Gasteiger partial charge is 0.380 e. The predicted molar refractivity (Wildman–Crippen MR) is 62.0 cm³/mol. The van der Waals surface area contributed by atoms with Crippen LogP contribution in [0.1, 0.15) is 26.3 Å². The second-order valence-electron chi connectivity index (χ2n) is 5.04. The van der Waals surface area contributed by atoms with Crippen molar-refractivity contribution in [1.82, 2.24) is 0 Å². The standard InChI is InChI=1S/C12H16ClN/c1-12(2,3)10-7-8-5-4-6-9(13)11(8)14-10/h4-6,10,14H,7H2,1-3H3. The van der Waals surface area contributed by atoms with Gasteiger partial charge in [-0.05, 0) is 23.5 Å². The number of hydrogen-bond donors (Lipinski definition) is 1. The van der Waals surface area contributed by atoms with Crippen LogP contribution in [0.2, 0.25) is 5.02 Å². The van der Waals surface area contributed by atoms with Gasteiger partial charge in [0.15, 0.2) is 0 Å². The van der Waals surface area contributed by atoms with Gasteiger partial charge in [0.1, 0.15) is 0 Å². The molecule has 76 valence electrons. The van der Waals surface area contributed by atoms with Crippen LogP contribution < -0.4 is 5.32 Å². The molecule has 1 nitrogen and oxygen atoms in total. The van der Waals surface area contributed by atoms with E-state index in [-0.39, 0.29) is 5.41 Å². The maximum Gasteiger partial charge on any atom is 0.0640 e. The average Bonchev–Trinajstić information content (AvgIpc) is 2.48. The van der Waals surface area contributed by atoms with Crippen LogP contribution in [-0.4, -0.2) is 6.04 Å². The summed E-state index contributed by atoms with van der Waals surface area (Å²) in [5.41, 5.74) is 2.76. The summed E-state index contributed by atoms with van der Waals surface area (Å²) in [6.07, 6.45) is 1.08. The average molecular weight is 210 g/mol. The van der Waals surface area contributed by atoms with Crippen molar-refractivity contribution in [3.8, 4) is 0 Å². The van der Waals surface area contributed by atoms with Crippen LogP contribution in [0.25, 0.3) is 0 Å². The van der Waals surface area contributed by atoms with E-state index >= 15 is 0 Å². The third-order valence-electron chi connectivity index (χ3n) is 2.89. The monoisotopic (exact) mass is 209 g/mol. The van der Waals surface area contributed by atoms with Gasteiger partial charge in [0.25, 0.3) is 0 Å². The van der Waals surface area contributed by atoms with Crippen molar-refractivity contribution < 1.29 is 0 Å². The molecule has 1 unspecified atom stereocenters. The van der Waals surface area contributed by atoms with Crippen LogP contribution in [0.4, 0.5) is 5.69 Å². The highest BCUT2D eigenvalue weighted by Gasteiger charge is 2.31. The first-order valence-corrected chi connectivity index (χ1v) is 5.40. The lowest BCUT2D eigenvalue weighted by Gasteiger charge is -2.27. The molecule has 14 heavy (non-hydrogen) atoms. The predicted octanol–water partition coefficient (Wildman–Crippen LogP) is 3.72. The maximum absolute atomic E-state index is 6.12. The minimum Gasteiger partial charge on any atom is -0.380 e. The first-order chi connectivity index (χ1) is 6.48. The van der Waals surface area contributed by atoms with Crippen LogP contribution in [0, 0.1) is 5.41 Å². The molecular formula is C12H16ClN. The molecule has 0 saturated heterocycles. The summed E-state index contributed by atoms with van der Waals surface area (Å²) in [4.78, 5) is 0. The molecule has 0 aromatic heterocycles. The zero-order chi connectivity index (χ0) is 10.3. The summed E-state index contributed by atoms with van der Waals surface area (Å²) in [6, 6.07) is 6.61.